The van der Waals surface area contributed by atoms with E-state index in [1.54, 1.807) is 24.4 Å². The van der Waals surface area contributed by atoms with Crippen molar-refractivity contribution in [2.24, 2.45) is 0 Å². The lowest BCUT2D eigenvalue weighted by atomic mass is 10.2. The van der Waals surface area contributed by atoms with Gasteiger partial charge in [0.25, 0.3) is 11.8 Å². The topological polar surface area (TPSA) is 74.0 Å². The van der Waals surface area contributed by atoms with E-state index < -0.39 is 11.8 Å². The summed E-state index contributed by atoms with van der Waals surface area (Å²) in [7, 11) is 0. The summed E-state index contributed by atoms with van der Waals surface area (Å²) >= 11 is 3.35. The molecule has 0 atom stereocenters. The highest BCUT2D eigenvalue weighted by atomic mass is 79.9. The van der Waals surface area contributed by atoms with Gasteiger partial charge in [-0.05, 0) is 35.9 Å². The molecule has 0 aliphatic heterocycles. The molecule has 0 aliphatic carbocycles. The molecule has 2 rings (SSSR count). The number of H-pyrrole nitrogens is 1. The van der Waals surface area contributed by atoms with Gasteiger partial charge in [-0.1, -0.05) is 28.1 Å². The Morgan fingerprint density at radius 1 is 1.15 bits per heavy atom. The van der Waals surface area contributed by atoms with Gasteiger partial charge in [0.15, 0.2) is 0 Å². The SMILES string of the molecule is O=C(/C=C/c1cccc(Br)c1)NNC(=O)c1ccc[nH]1. The lowest BCUT2D eigenvalue weighted by Crippen LogP contribution is -2.40. The Hall–Kier alpha value is -2.34. The van der Waals surface area contributed by atoms with E-state index in [9.17, 15) is 9.59 Å². The van der Waals surface area contributed by atoms with E-state index >= 15 is 0 Å². The maximum Gasteiger partial charge on any atom is 0.286 e. The fraction of sp³-hybridized carbons (Fsp3) is 0. The van der Waals surface area contributed by atoms with Crippen molar-refractivity contribution in [3.05, 3.63) is 64.4 Å². The van der Waals surface area contributed by atoms with Gasteiger partial charge in [-0.15, -0.1) is 0 Å². The van der Waals surface area contributed by atoms with Crippen molar-refractivity contribution in [2.75, 3.05) is 0 Å². The molecule has 0 bridgehead atoms. The molecule has 0 radical (unpaired) electrons. The number of rotatable bonds is 3. The van der Waals surface area contributed by atoms with E-state index in [4.69, 9.17) is 0 Å². The highest BCUT2D eigenvalue weighted by Crippen LogP contribution is 2.12. The molecule has 1 aromatic heterocycles. The number of amides is 2. The second-order valence-corrected chi connectivity index (χ2v) is 4.83. The summed E-state index contributed by atoms with van der Waals surface area (Å²) in [6, 6.07) is 10.8. The Labute approximate surface area is 124 Å². The second-order valence-electron chi connectivity index (χ2n) is 3.92. The van der Waals surface area contributed by atoms with Gasteiger partial charge in [0.1, 0.15) is 5.69 Å². The van der Waals surface area contributed by atoms with Gasteiger partial charge in [-0.3, -0.25) is 20.4 Å². The minimum Gasteiger partial charge on any atom is -0.357 e. The first-order valence-corrected chi connectivity index (χ1v) is 6.62. The van der Waals surface area contributed by atoms with Crippen molar-refractivity contribution in [1.82, 2.24) is 15.8 Å². The third-order valence-corrected chi connectivity index (χ3v) is 2.91. The van der Waals surface area contributed by atoms with Crippen molar-refractivity contribution in [3.63, 3.8) is 0 Å². The van der Waals surface area contributed by atoms with E-state index in [0.717, 1.165) is 10.0 Å². The smallest absolute Gasteiger partial charge is 0.286 e. The summed E-state index contributed by atoms with van der Waals surface area (Å²) in [5.41, 5.74) is 5.86. The van der Waals surface area contributed by atoms with Crippen LogP contribution in [0.4, 0.5) is 0 Å². The lowest BCUT2D eigenvalue weighted by Gasteiger charge is -2.03. The molecule has 1 heterocycles. The van der Waals surface area contributed by atoms with Gasteiger partial charge in [0.2, 0.25) is 0 Å². The normalized spacial score (nSPS) is 10.4. The van der Waals surface area contributed by atoms with Gasteiger partial charge in [0.05, 0.1) is 0 Å². The summed E-state index contributed by atoms with van der Waals surface area (Å²) < 4.78 is 0.931. The van der Waals surface area contributed by atoms with E-state index in [1.807, 2.05) is 24.3 Å². The maximum absolute atomic E-state index is 11.5. The van der Waals surface area contributed by atoms with E-state index in [2.05, 4.69) is 31.8 Å². The van der Waals surface area contributed by atoms with Gasteiger partial charge < -0.3 is 4.98 Å². The summed E-state index contributed by atoms with van der Waals surface area (Å²) in [5, 5.41) is 0. The molecule has 6 heteroatoms. The molecule has 0 saturated heterocycles. The molecule has 2 amide bonds. The number of carbonyl (C=O) groups excluding carboxylic acids is 2. The molecule has 20 heavy (non-hydrogen) atoms. The largest absolute Gasteiger partial charge is 0.357 e. The molecule has 102 valence electrons. The lowest BCUT2D eigenvalue weighted by molar-refractivity contribution is -0.117. The Kier molecular flexibility index (Phi) is 4.73. The van der Waals surface area contributed by atoms with Crippen LogP contribution in [0.3, 0.4) is 0 Å². The third-order valence-electron chi connectivity index (χ3n) is 2.42. The van der Waals surface area contributed by atoms with Crippen LogP contribution in [0.2, 0.25) is 0 Å². The highest BCUT2D eigenvalue weighted by molar-refractivity contribution is 9.10. The number of nitrogens with one attached hydrogen (secondary N) is 3. The molecular weight excluding hydrogens is 322 g/mol. The maximum atomic E-state index is 11.5. The van der Waals surface area contributed by atoms with E-state index in [1.165, 1.54) is 6.08 Å². The summed E-state index contributed by atoms with van der Waals surface area (Å²) in [4.78, 5) is 25.8. The molecule has 0 saturated carbocycles. The fourth-order valence-electron chi connectivity index (χ4n) is 1.48. The van der Waals surface area contributed by atoms with Crippen LogP contribution in [-0.4, -0.2) is 16.8 Å². The molecule has 0 unspecified atom stereocenters. The quantitative estimate of drug-likeness (QED) is 0.595. The number of hydrogen-bond acceptors (Lipinski definition) is 2. The number of benzene rings is 1. The molecule has 0 aliphatic rings. The van der Waals surface area contributed by atoms with Crippen LogP contribution in [0.25, 0.3) is 6.08 Å². The van der Waals surface area contributed by atoms with Crippen LogP contribution in [0.1, 0.15) is 16.1 Å². The van der Waals surface area contributed by atoms with Crippen LogP contribution in [0.5, 0.6) is 0 Å². The van der Waals surface area contributed by atoms with Gasteiger partial charge in [-0.2, -0.15) is 0 Å². The fourth-order valence-corrected chi connectivity index (χ4v) is 1.90. The number of aromatic nitrogens is 1. The number of halogens is 1. The van der Waals surface area contributed by atoms with Gasteiger partial charge in [0, 0.05) is 16.7 Å². The van der Waals surface area contributed by atoms with Crippen molar-refractivity contribution < 1.29 is 9.59 Å². The average molecular weight is 334 g/mol. The van der Waals surface area contributed by atoms with Crippen LogP contribution in [0.15, 0.2) is 53.1 Å². The first-order chi connectivity index (χ1) is 9.65. The molecule has 3 N–H and O–H groups in total. The standard InChI is InChI=1S/C14H12BrN3O2/c15-11-4-1-3-10(9-11)6-7-13(19)17-18-14(20)12-5-2-8-16-12/h1-9,16H,(H,17,19)(H,18,20)/b7-6+. The Balaban J connectivity index is 1.85. The molecule has 0 spiro atoms. The predicted molar refractivity (Wildman–Crippen MR) is 79.6 cm³/mol. The molecule has 2 aromatic rings. The van der Waals surface area contributed by atoms with Crippen LogP contribution in [-0.2, 0) is 4.79 Å². The van der Waals surface area contributed by atoms with Crippen LogP contribution in [0, 0.1) is 0 Å². The van der Waals surface area contributed by atoms with E-state index in [0.29, 0.717) is 5.69 Å². The van der Waals surface area contributed by atoms with E-state index in [-0.39, 0.29) is 0 Å². The highest BCUT2D eigenvalue weighted by Gasteiger charge is 2.05. The minimum absolute atomic E-state index is 0.376. The monoisotopic (exact) mass is 333 g/mol. The first kappa shape index (κ1) is 14.1. The van der Waals surface area contributed by atoms with Crippen molar-refractivity contribution in [1.29, 1.82) is 0 Å². The number of hydrazine groups is 1. The summed E-state index contributed by atoms with van der Waals surface area (Å²) in [6.07, 6.45) is 4.63. The Bertz CT molecular complexity index is 636. The van der Waals surface area contributed by atoms with Gasteiger partial charge >= 0.3 is 0 Å². The van der Waals surface area contributed by atoms with Crippen molar-refractivity contribution >= 4 is 33.8 Å². The summed E-state index contributed by atoms with van der Waals surface area (Å²) in [6.45, 7) is 0. The predicted octanol–water partition coefficient (Wildman–Crippen LogP) is 2.25. The Morgan fingerprint density at radius 3 is 2.70 bits per heavy atom. The van der Waals surface area contributed by atoms with Crippen molar-refractivity contribution in [3.8, 4) is 0 Å². The Morgan fingerprint density at radius 2 is 2.00 bits per heavy atom. The molecular formula is C14H12BrN3O2. The van der Waals surface area contributed by atoms with Crippen LogP contribution >= 0.6 is 15.9 Å². The zero-order chi connectivity index (χ0) is 14.4. The number of hydrogen-bond donors (Lipinski definition) is 3. The van der Waals surface area contributed by atoms with Crippen molar-refractivity contribution in [2.45, 2.75) is 0 Å². The number of carbonyl (C=O) groups is 2. The third kappa shape index (κ3) is 4.10. The first-order valence-electron chi connectivity index (χ1n) is 5.82. The van der Waals surface area contributed by atoms with Crippen LogP contribution < -0.4 is 10.9 Å². The van der Waals surface area contributed by atoms with Gasteiger partial charge in [-0.25, -0.2) is 0 Å². The minimum atomic E-state index is -0.412. The zero-order valence-electron chi connectivity index (χ0n) is 10.4. The zero-order valence-corrected chi connectivity index (χ0v) is 12.0. The molecule has 5 nitrogen and oxygen atoms in total. The molecule has 1 aromatic carbocycles. The summed E-state index contributed by atoms with van der Waals surface area (Å²) in [5.74, 6) is -0.816. The molecule has 0 fully saturated rings. The average Bonchev–Trinajstić information content (AvgIpc) is 2.97. The second kappa shape index (κ2) is 6.72. The number of aromatic amines is 1.